The molecule has 5 nitrogen and oxygen atoms in total. The molecule has 3 amide bonds. The Morgan fingerprint density at radius 2 is 1.69 bits per heavy atom. The first kappa shape index (κ1) is 18.5. The van der Waals surface area contributed by atoms with Gasteiger partial charge in [-0.15, -0.1) is 0 Å². The van der Waals surface area contributed by atoms with E-state index in [1.54, 1.807) is 54.6 Å². The van der Waals surface area contributed by atoms with E-state index >= 15 is 0 Å². The molecule has 0 unspecified atom stereocenters. The summed E-state index contributed by atoms with van der Waals surface area (Å²) in [4.78, 5) is 37.8. The fraction of sp³-hybridized carbons (Fsp3) is 0.0556. The number of hydrogen-bond acceptors (Lipinski definition) is 4. The number of nitrogens with zero attached hydrogens (tertiary/aromatic N) is 1. The fourth-order valence-corrected chi connectivity index (χ4v) is 3.47. The molecule has 3 rings (SSSR count). The Bertz CT molecular complexity index is 930. The molecule has 132 valence electrons. The molecule has 1 heterocycles. The van der Waals surface area contributed by atoms with Crippen LogP contribution in [0.3, 0.4) is 0 Å². The molecule has 0 radical (unpaired) electrons. The first-order chi connectivity index (χ1) is 12.5. The van der Waals surface area contributed by atoms with Gasteiger partial charge in [-0.2, -0.15) is 0 Å². The summed E-state index contributed by atoms with van der Waals surface area (Å²) in [5, 5.41) is 2.91. The molecular formula is C18H12Cl2N2O3S. The number of rotatable bonds is 4. The first-order valence-corrected chi connectivity index (χ1v) is 9.07. The Kier molecular flexibility index (Phi) is 5.66. The highest BCUT2D eigenvalue weighted by molar-refractivity contribution is 8.18. The van der Waals surface area contributed by atoms with Gasteiger partial charge in [-0.3, -0.25) is 19.3 Å². The van der Waals surface area contributed by atoms with Crippen molar-refractivity contribution in [3.8, 4) is 0 Å². The van der Waals surface area contributed by atoms with Gasteiger partial charge in [-0.25, -0.2) is 0 Å². The molecule has 1 aliphatic heterocycles. The number of anilines is 1. The summed E-state index contributed by atoms with van der Waals surface area (Å²) < 4.78 is 0. The van der Waals surface area contributed by atoms with Crippen molar-refractivity contribution < 1.29 is 14.4 Å². The van der Waals surface area contributed by atoms with Gasteiger partial charge in [0.15, 0.2) is 0 Å². The smallest absolute Gasteiger partial charge is 0.294 e. The third kappa shape index (κ3) is 4.09. The fourth-order valence-electron chi connectivity index (χ4n) is 2.27. The average Bonchev–Trinajstić information content (AvgIpc) is 2.86. The summed E-state index contributed by atoms with van der Waals surface area (Å²) in [5.41, 5.74) is 1.04. The molecule has 2 aromatic rings. The number of amides is 3. The summed E-state index contributed by atoms with van der Waals surface area (Å²) in [6, 6.07) is 13.7. The molecule has 8 heteroatoms. The monoisotopic (exact) mass is 406 g/mol. The minimum Gasteiger partial charge on any atom is -0.323 e. The molecule has 0 saturated carbocycles. The third-order valence-electron chi connectivity index (χ3n) is 3.52. The minimum atomic E-state index is -0.533. The van der Waals surface area contributed by atoms with Gasteiger partial charge in [0.05, 0.1) is 15.6 Å². The van der Waals surface area contributed by atoms with Gasteiger partial charge in [-0.1, -0.05) is 53.5 Å². The van der Waals surface area contributed by atoms with Crippen molar-refractivity contribution in [2.45, 2.75) is 0 Å². The highest BCUT2D eigenvalue weighted by Crippen LogP contribution is 2.33. The average molecular weight is 407 g/mol. The topological polar surface area (TPSA) is 66.5 Å². The van der Waals surface area contributed by atoms with Crippen LogP contribution in [0.2, 0.25) is 10.0 Å². The van der Waals surface area contributed by atoms with E-state index < -0.39 is 23.6 Å². The zero-order valence-corrected chi connectivity index (χ0v) is 15.6. The second-order valence-corrected chi connectivity index (χ2v) is 7.12. The lowest BCUT2D eigenvalue weighted by Gasteiger charge is -2.13. The lowest BCUT2D eigenvalue weighted by molar-refractivity contribution is -0.127. The molecule has 1 N–H and O–H groups in total. The summed E-state index contributed by atoms with van der Waals surface area (Å²) in [7, 11) is 0. The maximum atomic E-state index is 12.5. The number of nitrogens with one attached hydrogen (secondary N) is 1. The van der Waals surface area contributed by atoms with Gasteiger partial charge >= 0.3 is 0 Å². The quantitative estimate of drug-likeness (QED) is 0.749. The van der Waals surface area contributed by atoms with Crippen molar-refractivity contribution in [3.63, 3.8) is 0 Å². The van der Waals surface area contributed by atoms with Crippen LogP contribution >= 0.6 is 35.0 Å². The standard InChI is InChI=1S/C18H12Cl2N2O3S/c19-12-6-2-1-5-11(12)9-15-17(24)22(18(25)26-15)10-16(23)21-14-8-4-3-7-13(14)20/h1-9H,10H2,(H,21,23)/b15-9+. The molecule has 0 bridgehead atoms. The second kappa shape index (κ2) is 7.95. The van der Waals surface area contributed by atoms with Gasteiger partial charge < -0.3 is 5.32 Å². The van der Waals surface area contributed by atoms with Gasteiger partial charge in [0.2, 0.25) is 5.91 Å². The van der Waals surface area contributed by atoms with Crippen LogP contribution in [0.1, 0.15) is 5.56 Å². The summed E-state index contributed by atoms with van der Waals surface area (Å²) in [5.74, 6) is -1.05. The molecule has 0 spiro atoms. The molecule has 1 aliphatic rings. The predicted octanol–water partition coefficient (Wildman–Crippen LogP) is 4.67. The Hall–Kier alpha value is -2.28. The maximum Gasteiger partial charge on any atom is 0.294 e. The van der Waals surface area contributed by atoms with Gasteiger partial charge in [0, 0.05) is 5.02 Å². The number of imide groups is 1. The predicted molar refractivity (Wildman–Crippen MR) is 104 cm³/mol. The van der Waals surface area contributed by atoms with Crippen molar-refractivity contribution in [1.82, 2.24) is 4.90 Å². The molecule has 0 atom stereocenters. The molecule has 2 aromatic carbocycles. The third-order valence-corrected chi connectivity index (χ3v) is 5.10. The van der Waals surface area contributed by atoms with E-state index in [1.807, 2.05) is 0 Å². The van der Waals surface area contributed by atoms with Crippen LogP contribution in [0.4, 0.5) is 10.5 Å². The number of halogens is 2. The molecule has 1 saturated heterocycles. The van der Waals surface area contributed by atoms with E-state index in [1.165, 1.54) is 0 Å². The Morgan fingerprint density at radius 1 is 1.04 bits per heavy atom. The maximum absolute atomic E-state index is 12.5. The van der Waals surface area contributed by atoms with Crippen LogP contribution in [0, 0.1) is 0 Å². The van der Waals surface area contributed by atoms with Crippen molar-refractivity contribution >= 4 is 63.8 Å². The lowest BCUT2D eigenvalue weighted by Crippen LogP contribution is -2.36. The zero-order valence-electron chi connectivity index (χ0n) is 13.2. The van der Waals surface area contributed by atoms with Gasteiger partial charge in [0.25, 0.3) is 11.1 Å². The highest BCUT2D eigenvalue weighted by Gasteiger charge is 2.36. The second-order valence-electron chi connectivity index (χ2n) is 5.32. The van der Waals surface area contributed by atoms with E-state index in [0.717, 1.165) is 16.7 Å². The number of hydrogen-bond donors (Lipinski definition) is 1. The van der Waals surface area contributed by atoms with Crippen LogP contribution in [0.5, 0.6) is 0 Å². The normalized spacial score (nSPS) is 15.6. The minimum absolute atomic E-state index is 0.216. The van der Waals surface area contributed by atoms with Crippen molar-refractivity contribution in [1.29, 1.82) is 0 Å². The van der Waals surface area contributed by atoms with Crippen molar-refractivity contribution in [2.24, 2.45) is 0 Å². The van der Waals surface area contributed by atoms with Crippen molar-refractivity contribution in [3.05, 3.63) is 69.0 Å². The lowest BCUT2D eigenvalue weighted by atomic mass is 10.2. The van der Waals surface area contributed by atoms with E-state index in [2.05, 4.69) is 5.32 Å². The number of carbonyl (C=O) groups excluding carboxylic acids is 3. The van der Waals surface area contributed by atoms with Crippen molar-refractivity contribution in [2.75, 3.05) is 11.9 Å². The van der Waals surface area contributed by atoms with Crippen LogP contribution < -0.4 is 5.32 Å². The van der Waals surface area contributed by atoms with Gasteiger partial charge in [0.1, 0.15) is 6.54 Å². The molecular weight excluding hydrogens is 395 g/mol. The SMILES string of the molecule is O=C(CN1C(=O)S/C(=C/c2ccccc2Cl)C1=O)Nc1ccccc1Cl. The molecule has 1 fully saturated rings. The number of thioether (sulfide) groups is 1. The summed E-state index contributed by atoms with van der Waals surface area (Å²) in [6.45, 7) is -0.393. The van der Waals surface area contributed by atoms with Gasteiger partial charge in [-0.05, 0) is 41.6 Å². The Labute approximate surface area is 164 Å². The van der Waals surface area contributed by atoms with E-state index in [4.69, 9.17) is 23.2 Å². The molecule has 26 heavy (non-hydrogen) atoms. The first-order valence-electron chi connectivity index (χ1n) is 7.50. The largest absolute Gasteiger partial charge is 0.323 e. The summed E-state index contributed by atoms with van der Waals surface area (Å²) in [6.07, 6.45) is 1.54. The van der Waals surface area contributed by atoms with E-state index in [-0.39, 0.29) is 4.91 Å². The Morgan fingerprint density at radius 3 is 2.38 bits per heavy atom. The summed E-state index contributed by atoms with van der Waals surface area (Å²) >= 11 is 12.8. The Balaban J connectivity index is 1.72. The van der Waals surface area contributed by atoms with Crippen LogP contribution in [-0.2, 0) is 9.59 Å². The van der Waals surface area contributed by atoms with Crippen LogP contribution in [0.25, 0.3) is 6.08 Å². The van der Waals surface area contributed by atoms with E-state index in [0.29, 0.717) is 21.3 Å². The highest BCUT2D eigenvalue weighted by atomic mass is 35.5. The van der Waals surface area contributed by atoms with Crippen LogP contribution in [-0.4, -0.2) is 28.5 Å². The molecule has 0 aliphatic carbocycles. The van der Waals surface area contributed by atoms with Crippen LogP contribution in [0.15, 0.2) is 53.4 Å². The van der Waals surface area contributed by atoms with E-state index in [9.17, 15) is 14.4 Å². The zero-order chi connectivity index (χ0) is 18.7. The number of para-hydroxylation sites is 1. The number of benzene rings is 2. The number of carbonyl (C=O) groups is 3. The molecule has 0 aromatic heterocycles.